The molecular formula is C11H12N4O2S. The van der Waals surface area contributed by atoms with Crippen LogP contribution in [0.15, 0.2) is 23.0 Å². The van der Waals surface area contributed by atoms with Crippen LogP contribution in [0.1, 0.15) is 16.2 Å². The highest BCUT2D eigenvalue weighted by atomic mass is 32.1. The van der Waals surface area contributed by atoms with E-state index in [-0.39, 0.29) is 5.69 Å². The third kappa shape index (κ3) is 2.95. The van der Waals surface area contributed by atoms with E-state index in [2.05, 4.69) is 15.3 Å². The van der Waals surface area contributed by atoms with E-state index in [4.69, 9.17) is 10.8 Å². The molecule has 0 unspecified atom stereocenters. The fourth-order valence-electron chi connectivity index (χ4n) is 1.40. The van der Waals surface area contributed by atoms with Gasteiger partial charge in [-0.25, -0.2) is 14.8 Å². The number of nitrogen functional groups attached to an aromatic ring is 1. The summed E-state index contributed by atoms with van der Waals surface area (Å²) in [6.07, 6.45) is 0.738. The number of aromatic nitrogens is 2. The number of carboxylic acids is 1. The molecule has 0 aromatic carbocycles. The largest absolute Gasteiger partial charge is 0.477 e. The molecule has 0 fully saturated rings. The number of thiazole rings is 1. The van der Waals surface area contributed by atoms with E-state index in [1.54, 1.807) is 5.51 Å². The monoisotopic (exact) mass is 264 g/mol. The van der Waals surface area contributed by atoms with Gasteiger partial charge in [0.05, 0.1) is 16.9 Å². The van der Waals surface area contributed by atoms with Crippen LogP contribution >= 0.6 is 11.3 Å². The predicted octanol–water partition coefficient (Wildman–Crippen LogP) is 1.47. The molecule has 0 aliphatic rings. The van der Waals surface area contributed by atoms with Gasteiger partial charge in [-0.2, -0.15) is 0 Å². The Hall–Kier alpha value is -2.15. The van der Waals surface area contributed by atoms with E-state index >= 15 is 0 Å². The first kappa shape index (κ1) is 12.3. The number of nitrogens with zero attached hydrogens (tertiary/aromatic N) is 2. The molecule has 4 N–H and O–H groups in total. The average molecular weight is 264 g/mol. The Labute approximate surface area is 108 Å². The number of aromatic carboxylic acids is 1. The number of nitrogens with two attached hydrogens (primary N) is 1. The highest BCUT2D eigenvalue weighted by Crippen LogP contribution is 2.15. The fourth-order valence-corrected chi connectivity index (χ4v) is 1.99. The minimum absolute atomic E-state index is 0.0274. The first-order chi connectivity index (χ1) is 8.66. The Kier molecular flexibility index (Phi) is 3.73. The molecule has 2 heterocycles. The van der Waals surface area contributed by atoms with Crippen molar-refractivity contribution in [2.75, 3.05) is 17.6 Å². The number of carboxylic acid groups (broad SMARTS) is 1. The van der Waals surface area contributed by atoms with Gasteiger partial charge in [-0.1, -0.05) is 0 Å². The van der Waals surface area contributed by atoms with Crippen molar-refractivity contribution in [1.82, 2.24) is 9.97 Å². The van der Waals surface area contributed by atoms with Crippen LogP contribution < -0.4 is 11.1 Å². The van der Waals surface area contributed by atoms with Crippen molar-refractivity contribution >= 4 is 28.8 Å². The summed E-state index contributed by atoms with van der Waals surface area (Å²) in [5.74, 6) is -0.678. The first-order valence-electron chi connectivity index (χ1n) is 5.27. The summed E-state index contributed by atoms with van der Waals surface area (Å²) < 4.78 is 0. The summed E-state index contributed by atoms with van der Waals surface area (Å²) in [5, 5.41) is 13.8. The molecule has 7 heteroatoms. The van der Waals surface area contributed by atoms with Crippen LogP contribution in [0.4, 0.5) is 11.5 Å². The van der Waals surface area contributed by atoms with Gasteiger partial charge in [0.2, 0.25) is 0 Å². The minimum Gasteiger partial charge on any atom is -0.477 e. The molecule has 2 aromatic rings. The van der Waals surface area contributed by atoms with Gasteiger partial charge in [-0.15, -0.1) is 11.3 Å². The normalized spacial score (nSPS) is 10.2. The summed E-state index contributed by atoms with van der Waals surface area (Å²) >= 11 is 1.54. The van der Waals surface area contributed by atoms with Crippen LogP contribution in [0.2, 0.25) is 0 Å². The Balaban J connectivity index is 2.00. The summed E-state index contributed by atoms with van der Waals surface area (Å²) in [6.45, 7) is 0.601. The third-order valence-electron chi connectivity index (χ3n) is 2.30. The van der Waals surface area contributed by atoms with Crippen molar-refractivity contribution in [3.63, 3.8) is 0 Å². The van der Waals surface area contributed by atoms with Crippen molar-refractivity contribution in [2.24, 2.45) is 0 Å². The minimum atomic E-state index is -1.07. The topological polar surface area (TPSA) is 101 Å². The van der Waals surface area contributed by atoms with Crippen LogP contribution in [0, 0.1) is 0 Å². The number of pyridine rings is 1. The van der Waals surface area contributed by atoms with Gasteiger partial charge in [0.15, 0.2) is 5.69 Å². The van der Waals surface area contributed by atoms with E-state index in [1.807, 2.05) is 5.38 Å². The highest BCUT2D eigenvalue weighted by Gasteiger charge is 2.08. The smallest absolute Gasteiger partial charge is 0.354 e. The summed E-state index contributed by atoms with van der Waals surface area (Å²) in [7, 11) is 0. The predicted molar refractivity (Wildman–Crippen MR) is 69.9 cm³/mol. The number of nitrogens with one attached hydrogen (secondary N) is 1. The molecule has 0 aliphatic carbocycles. The van der Waals surface area contributed by atoms with Crippen LogP contribution in [0.5, 0.6) is 0 Å². The van der Waals surface area contributed by atoms with Crippen LogP contribution in [0.3, 0.4) is 0 Å². The molecule has 2 aromatic heterocycles. The molecule has 0 saturated carbocycles. The van der Waals surface area contributed by atoms with E-state index < -0.39 is 5.97 Å². The maximum Gasteiger partial charge on any atom is 0.354 e. The third-order valence-corrected chi connectivity index (χ3v) is 2.94. The van der Waals surface area contributed by atoms with Gasteiger partial charge in [0.1, 0.15) is 5.82 Å². The molecule has 0 aliphatic heterocycles. The van der Waals surface area contributed by atoms with E-state index in [9.17, 15) is 4.79 Å². The zero-order valence-corrected chi connectivity index (χ0v) is 10.3. The van der Waals surface area contributed by atoms with Crippen molar-refractivity contribution in [3.8, 4) is 0 Å². The summed E-state index contributed by atoms with van der Waals surface area (Å²) in [5.41, 5.74) is 8.88. The quantitative estimate of drug-likeness (QED) is 0.756. The molecule has 0 saturated heterocycles. The zero-order chi connectivity index (χ0) is 13.0. The lowest BCUT2D eigenvalue weighted by Crippen LogP contribution is -2.11. The summed E-state index contributed by atoms with van der Waals surface area (Å²) in [6, 6.07) is 2.91. The molecule has 18 heavy (non-hydrogen) atoms. The zero-order valence-electron chi connectivity index (χ0n) is 9.46. The van der Waals surface area contributed by atoms with Crippen molar-refractivity contribution in [1.29, 1.82) is 0 Å². The summed E-state index contributed by atoms with van der Waals surface area (Å²) in [4.78, 5) is 18.9. The number of rotatable bonds is 5. The van der Waals surface area contributed by atoms with Crippen LogP contribution in [-0.4, -0.2) is 27.6 Å². The van der Waals surface area contributed by atoms with Gasteiger partial charge in [-0.05, 0) is 12.1 Å². The lowest BCUT2D eigenvalue weighted by Gasteiger charge is -2.08. The second kappa shape index (κ2) is 5.46. The standard InChI is InChI=1S/C11H12N4O2S/c12-8-1-2-9(11(16)17)15-10(8)13-4-3-7-5-18-6-14-7/h1-2,5-6H,3-4,12H2,(H,13,15)(H,16,17). The van der Waals surface area contributed by atoms with Crippen molar-refractivity contribution in [3.05, 3.63) is 34.4 Å². The average Bonchev–Trinajstić information content (AvgIpc) is 2.84. The second-order valence-electron chi connectivity index (χ2n) is 3.60. The molecule has 6 nitrogen and oxygen atoms in total. The highest BCUT2D eigenvalue weighted by molar-refractivity contribution is 7.07. The Morgan fingerprint density at radius 2 is 2.33 bits per heavy atom. The van der Waals surface area contributed by atoms with E-state index in [0.717, 1.165) is 12.1 Å². The van der Waals surface area contributed by atoms with Crippen LogP contribution in [-0.2, 0) is 6.42 Å². The van der Waals surface area contributed by atoms with Crippen molar-refractivity contribution < 1.29 is 9.90 Å². The SMILES string of the molecule is Nc1ccc(C(=O)O)nc1NCCc1cscn1. The van der Waals surface area contributed by atoms with Crippen molar-refractivity contribution in [2.45, 2.75) is 6.42 Å². The number of anilines is 2. The molecule has 0 radical (unpaired) electrons. The van der Waals surface area contributed by atoms with E-state index in [1.165, 1.54) is 23.5 Å². The van der Waals surface area contributed by atoms with Gasteiger partial charge in [0, 0.05) is 18.3 Å². The maximum atomic E-state index is 10.8. The van der Waals surface area contributed by atoms with Gasteiger partial charge in [0.25, 0.3) is 0 Å². The Morgan fingerprint density at radius 3 is 3.00 bits per heavy atom. The first-order valence-corrected chi connectivity index (χ1v) is 6.22. The number of hydrogen-bond acceptors (Lipinski definition) is 6. The maximum absolute atomic E-state index is 10.8. The number of carbonyl (C=O) groups is 1. The molecule has 0 atom stereocenters. The lowest BCUT2D eigenvalue weighted by molar-refractivity contribution is 0.0690. The Bertz CT molecular complexity index is 542. The van der Waals surface area contributed by atoms with Crippen LogP contribution in [0.25, 0.3) is 0 Å². The van der Waals surface area contributed by atoms with E-state index in [0.29, 0.717) is 18.1 Å². The Morgan fingerprint density at radius 1 is 1.50 bits per heavy atom. The molecule has 2 rings (SSSR count). The molecule has 94 valence electrons. The fraction of sp³-hybridized carbons (Fsp3) is 0.182. The second-order valence-corrected chi connectivity index (χ2v) is 4.31. The molecule has 0 amide bonds. The van der Waals surface area contributed by atoms with Gasteiger partial charge < -0.3 is 16.2 Å². The molecule has 0 bridgehead atoms. The molecule has 0 spiro atoms. The lowest BCUT2D eigenvalue weighted by atomic mass is 10.3. The molecular weight excluding hydrogens is 252 g/mol. The van der Waals surface area contributed by atoms with Gasteiger partial charge in [-0.3, -0.25) is 0 Å². The number of hydrogen-bond donors (Lipinski definition) is 3. The van der Waals surface area contributed by atoms with Gasteiger partial charge >= 0.3 is 5.97 Å².